The van der Waals surface area contributed by atoms with E-state index in [1.165, 1.54) is 159 Å². The first-order chi connectivity index (χ1) is 59.3. The zero-order valence-electron chi connectivity index (χ0n) is 75.4. The van der Waals surface area contributed by atoms with Gasteiger partial charge < -0.3 is 82.9 Å². The average Bonchev–Trinajstić information content (AvgIpc) is 0.839. The molecule has 41 nitrogen and oxygen atoms in total. The number of hydrogen-bond donors (Lipinski definition) is 5. The SMILES string of the molecule is CC(=O)O.CO.COC(=O)/C(=C/N(C)C)c1cc(SC)ncn1.COC(=O)C(C(=O)OC)c1cc(SC)ncn1.COC(=O)CC(=O)OC.COC(=O)Cc1cc(SC)ncn1.COC(OC)N(C)C.CSc1cc(-c2cnc[nH]c2=O)ncn1.CSc1cc(-c2cncnc2Cl)ncn1.CSc1cc(Cl)ncn1.C[O-].C[S-].Clc1cc(Cl)ncn1.N=CN.[H-].[Na+].[Na+].[Na+]. The molecule has 0 spiro atoms. The molecule has 0 atom stereocenters. The van der Waals surface area contributed by atoms with E-state index in [0.29, 0.717) is 53.9 Å². The number of aromatic nitrogens is 18. The molecule has 9 aromatic rings. The van der Waals surface area contributed by atoms with Crippen LogP contribution in [0.1, 0.15) is 37.8 Å². The van der Waals surface area contributed by atoms with Gasteiger partial charge in [0, 0.05) is 73.1 Å². The first-order valence-electron chi connectivity index (χ1n) is 33.4. The number of esters is 6. The molecule has 6 N–H and O–H groups in total. The van der Waals surface area contributed by atoms with Crippen molar-refractivity contribution in [3.05, 3.63) is 166 Å². The summed E-state index contributed by atoms with van der Waals surface area (Å²) >= 11 is 35.4. The Kier molecular flexibility index (Phi) is 94.6. The van der Waals surface area contributed by atoms with Crippen LogP contribution < -0.4 is 105 Å². The van der Waals surface area contributed by atoms with Crippen LogP contribution in [0.25, 0.3) is 28.1 Å². The zero-order chi connectivity index (χ0) is 95.5. The second-order valence-electron chi connectivity index (χ2n) is 20.4. The number of halogens is 4. The molecule has 0 aliphatic carbocycles. The minimum absolute atomic E-state index is 0. The number of hydrogen-bond acceptors (Lipinski definition) is 45. The molecule has 0 aliphatic rings. The summed E-state index contributed by atoms with van der Waals surface area (Å²) in [4.78, 5) is 159. The van der Waals surface area contributed by atoms with Gasteiger partial charge in [0.15, 0.2) is 5.92 Å². The van der Waals surface area contributed by atoms with Crippen LogP contribution in [0.5, 0.6) is 0 Å². The number of rotatable bonds is 21. The predicted octanol–water partition coefficient (Wildman–Crippen LogP) is -0.928. The summed E-state index contributed by atoms with van der Waals surface area (Å²) in [7, 11) is 19.9. The van der Waals surface area contributed by atoms with Crippen molar-refractivity contribution in [3.63, 3.8) is 0 Å². The quantitative estimate of drug-likeness (QED) is 0.00496. The second-order valence-corrected chi connectivity index (χ2v) is 26.9. The van der Waals surface area contributed by atoms with Crippen molar-refractivity contribution < 1.29 is 177 Å². The number of thioether (sulfide) groups is 6. The number of aliphatic hydroxyl groups is 1. The summed E-state index contributed by atoms with van der Waals surface area (Å²) in [5.41, 5.74) is 8.61. The van der Waals surface area contributed by atoms with Crippen LogP contribution in [0, 0.1) is 5.41 Å². The molecule has 0 aromatic carbocycles. The number of aliphatic hydroxyl groups excluding tert-OH is 1. The zero-order valence-corrected chi connectivity index (χ0v) is 89.1. The van der Waals surface area contributed by atoms with E-state index in [1.54, 1.807) is 91.6 Å². The molecule has 0 saturated carbocycles. The normalized spacial score (nSPS) is 9.24. The van der Waals surface area contributed by atoms with Gasteiger partial charge in [0.05, 0.1) is 126 Å². The minimum Gasteiger partial charge on any atom is -1.00 e. The Hall–Kier alpha value is -6.77. The molecule has 9 rings (SSSR count). The third-order valence-electron chi connectivity index (χ3n) is 12.0. The topological polar surface area (TPSA) is 565 Å². The first-order valence-corrected chi connectivity index (χ1v) is 43.1. The molecule has 0 amide bonds. The van der Waals surface area contributed by atoms with Crippen molar-refractivity contribution in [2.75, 3.05) is 143 Å². The number of carbonyl (C=O) groups excluding carboxylic acids is 6. The average molecular weight is 2010 g/mol. The van der Waals surface area contributed by atoms with Crippen LogP contribution in [0.4, 0.5) is 0 Å². The number of aromatic amines is 1. The van der Waals surface area contributed by atoms with Crippen LogP contribution in [0.3, 0.4) is 0 Å². The second kappa shape index (κ2) is 88.5. The van der Waals surface area contributed by atoms with Gasteiger partial charge in [0.25, 0.3) is 11.5 Å². The summed E-state index contributed by atoms with van der Waals surface area (Å²) in [6.45, 7) is 1.08. The number of methoxy groups -OCH3 is 8. The van der Waals surface area contributed by atoms with E-state index in [9.17, 15) is 33.6 Å². The van der Waals surface area contributed by atoms with Crippen LogP contribution in [-0.4, -0.2) is 307 Å². The Morgan fingerprint density at radius 3 is 1.24 bits per heavy atom. The summed E-state index contributed by atoms with van der Waals surface area (Å²) in [6, 6.07) is 11.9. The van der Waals surface area contributed by atoms with Gasteiger partial charge in [-0.05, 0) is 82.0 Å². The fourth-order valence-corrected chi connectivity index (χ4v) is 10.00. The van der Waals surface area contributed by atoms with Crippen molar-refractivity contribution in [2.24, 2.45) is 5.73 Å². The molecule has 0 aliphatic heterocycles. The van der Waals surface area contributed by atoms with Crippen molar-refractivity contribution in [1.29, 1.82) is 5.41 Å². The number of carboxylic acids is 1. The van der Waals surface area contributed by atoms with E-state index in [1.807, 2.05) is 76.7 Å². The van der Waals surface area contributed by atoms with Gasteiger partial charge >= 0.3 is 124 Å². The molecule has 0 unspecified atom stereocenters. The number of carbonyl (C=O) groups is 7. The Bertz CT molecular complexity index is 4560. The number of aliphatic carboxylic acids is 1. The van der Waals surface area contributed by atoms with E-state index in [0.717, 1.165) is 63.9 Å². The molecule has 0 radical (unpaired) electrons. The van der Waals surface area contributed by atoms with Crippen LogP contribution in [-0.2, 0) is 90.5 Å². The van der Waals surface area contributed by atoms with E-state index in [2.05, 4.69) is 132 Å². The predicted molar refractivity (Wildman–Crippen MR) is 481 cm³/mol. The molecule has 9 aromatic heterocycles. The molecular formula is C72H99Cl4N22Na3O19S7. The summed E-state index contributed by atoms with van der Waals surface area (Å²) in [6.07, 6.45) is 30.9. The van der Waals surface area contributed by atoms with Gasteiger partial charge in [0.2, 0.25) is 6.41 Å². The fraction of sp³-hybridized carbons (Fsp3) is 0.361. The largest absolute Gasteiger partial charge is 1.00 e. The van der Waals surface area contributed by atoms with Gasteiger partial charge in [-0.25, -0.2) is 89.5 Å². The van der Waals surface area contributed by atoms with Crippen LogP contribution in [0.2, 0.25) is 20.6 Å². The molecule has 684 valence electrons. The fourth-order valence-electron chi connectivity index (χ4n) is 6.92. The van der Waals surface area contributed by atoms with E-state index in [4.69, 9.17) is 86.1 Å². The van der Waals surface area contributed by atoms with Crippen LogP contribution >= 0.6 is 117 Å². The number of nitrogens with zero attached hydrogens (tertiary/aromatic N) is 19. The Morgan fingerprint density at radius 2 is 0.890 bits per heavy atom. The van der Waals surface area contributed by atoms with Crippen molar-refractivity contribution in [2.45, 2.75) is 62.3 Å². The van der Waals surface area contributed by atoms with Crippen molar-refractivity contribution >= 4 is 183 Å². The molecule has 9 heterocycles. The van der Waals surface area contributed by atoms with Crippen molar-refractivity contribution in [3.8, 4) is 22.5 Å². The maximum Gasteiger partial charge on any atom is 1.00 e. The molecule has 0 saturated heterocycles. The molecule has 55 heteroatoms. The van der Waals surface area contributed by atoms with Crippen molar-refractivity contribution in [1.82, 2.24) is 99.5 Å². The van der Waals surface area contributed by atoms with Gasteiger partial charge in [-0.2, -0.15) is 13.4 Å². The summed E-state index contributed by atoms with van der Waals surface area (Å²) < 4.78 is 36.5. The van der Waals surface area contributed by atoms with Gasteiger partial charge in [0.1, 0.15) is 88.3 Å². The third-order valence-corrected chi connectivity index (χ3v) is 16.8. The van der Waals surface area contributed by atoms with E-state index in [-0.39, 0.29) is 127 Å². The minimum atomic E-state index is -1.17. The molecular weight excluding hydrogens is 1910 g/mol. The Labute approximate surface area is 855 Å². The number of ether oxygens (including phenoxy) is 8. The number of nitrogens with one attached hydrogen (secondary N) is 2. The number of nitrogens with two attached hydrogens (primary N) is 1. The van der Waals surface area contributed by atoms with Gasteiger partial charge in [-0.1, -0.05) is 46.4 Å². The molecule has 0 fully saturated rings. The molecule has 127 heavy (non-hydrogen) atoms. The van der Waals surface area contributed by atoms with Gasteiger partial charge in [-0.15, -0.1) is 70.6 Å². The monoisotopic (exact) mass is 2010 g/mol. The maximum atomic E-state index is 11.7. The summed E-state index contributed by atoms with van der Waals surface area (Å²) in [5, 5.41) is 35.1. The standard InChI is InChI=1S/C11H15N3O2S.C10H12N2O4S.C9H7ClN4S.C9H8N4OS.C8H10N2O2S.C5H5ClN2S.C5H13NO2.C5H8O4.C4H2Cl2N2.C2H4O2.CH4N2.CH4O.CH3O.CH4S.3Na.H/c1-14(2)6-8(11(15)16-3)9-5-10(17-4)13-7-12-9;1-15-9(13)8(10(14)16-2)6-4-7(17-3)12-5-11-6;1-15-8-2-7(12-5-13-8)6-3-11-4-14-9(6)10;1-15-8-2-7(11-5-12-8)6-3-10-4-13-9(6)14;1-12-8(11)4-6-3-7(13-2)10-5-9-6;1-9-5-2-4(6)7-3-8-5;1-6(2)5(7-3)8-4;1-8-4(6)3-5(7)9-2;5-3-1-4(6)8-2-7-3;1-2(3)4;2-1-3;3*1-2;;;;/h5-7H,1-4H3;4-5,8H,1-3H3;2-5H,1H3;2-5H,1H3,(H,10,13,14);3,5H,4H2,1-2H3;2-3H,1H3;5H,1-4H3;3H2,1-2H3;1-2H;1H3,(H,3,4);1H,(H3,2,3);2H,1H3;1H3;2H,1H3;;;;/q;;;;;;;;;;;;-1;;3*+1;-1/p-1/b8-6+;;;;;;;;;;;;;;;;;. The smallest absolute Gasteiger partial charge is 1.00 e. The number of carboxylic acid groups (broad SMARTS) is 1. The summed E-state index contributed by atoms with van der Waals surface area (Å²) in [5.74, 6) is -5.27. The Morgan fingerprint density at radius 1 is 0.520 bits per heavy atom. The molecule has 0 bridgehead atoms. The van der Waals surface area contributed by atoms with Crippen LogP contribution in [0.15, 0.2) is 153 Å². The van der Waals surface area contributed by atoms with E-state index >= 15 is 0 Å². The number of H-pyrrole nitrogens is 1. The maximum absolute atomic E-state index is 11.7. The third kappa shape index (κ3) is 66.3. The van der Waals surface area contributed by atoms with E-state index < -0.39 is 41.7 Å². The van der Waals surface area contributed by atoms with Gasteiger partial charge in [-0.3, -0.25) is 43.9 Å². The first kappa shape index (κ1) is 136. The Balaban J connectivity index is -0.000000176.